The summed E-state index contributed by atoms with van der Waals surface area (Å²) >= 11 is 0. The Hall–Kier alpha value is -1.63. The average Bonchev–Trinajstić information content (AvgIpc) is 2.74. The summed E-state index contributed by atoms with van der Waals surface area (Å²) in [7, 11) is 0. The van der Waals surface area contributed by atoms with Crippen molar-refractivity contribution in [2.45, 2.75) is 25.4 Å². The van der Waals surface area contributed by atoms with Crippen LogP contribution in [0.25, 0.3) is 5.32 Å². The van der Waals surface area contributed by atoms with E-state index in [-0.39, 0.29) is 92.8 Å². The van der Waals surface area contributed by atoms with E-state index in [0.29, 0.717) is 12.0 Å². The van der Waals surface area contributed by atoms with Gasteiger partial charge in [0.25, 0.3) is 11.5 Å². The van der Waals surface area contributed by atoms with Crippen molar-refractivity contribution in [2.24, 2.45) is 0 Å². The standard InChI is InChI=1S/C21H18FN4O3.Cs/c22-14-8-5-12(6-9-14)11-23-20(28)17-18(27)21(29)26-19(25-17)16-10-7-13-3-1-2-4-15(13)24-16;/h1-6,8-9,16H,7,10-11H2,(H2,23,27,28)(H,25,26,29);/q-1;+1. The van der Waals surface area contributed by atoms with E-state index >= 15 is 0 Å². The number of para-hydroxylation sites is 1. The SMILES string of the molecule is O=C(NCc1ccc(F)cc1)c1nc(C2CCc3ccccc3[N-]2)[nH]c(=O)c1O.[Cs+]. The zero-order chi connectivity index (χ0) is 20.4. The Morgan fingerprint density at radius 3 is 2.73 bits per heavy atom. The monoisotopic (exact) mass is 526 g/mol. The number of halogens is 1. The van der Waals surface area contributed by atoms with E-state index in [2.05, 4.69) is 20.6 Å². The third-order valence-corrected chi connectivity index (χ3v) is 4.78. The predicted octanol–water partition coefficient (Wildman–Crippen LogP) is 0.241. The summed E-state index contributed by atoms with van der Waals surface area (Å²) in [4.78, 5) is 31.4. The van der Waals surface area contributed by atoms with Gasteiger partial charge in [-0.15, -0.1) is 5.69 Å². The maximum atomic E-state index is 13.0. The second kappa shape index (κ2) is 10.1. The topological polar surface area (TPSA) is 109 Å². The molecular weight excluding hydrogens is 508 g/mol. The van der Waals surface area contributed by atoms with Gasteiger partial charge < -0.3 is 20.7 Å². The van der Waals surface area contributed by atoms with E-state index in [1.54, 1.807) is 0 Å². The fourth-order valence-electron chi connectivity index (χ4n) is 3.24. The number of rotatable bonds is 4. The second-order valence-corrected chi connectivity index (χ2v) is 6.77. The van der Waals surface area contributed by atoms with Gasteiger partial charge in [-0.1, -0.05) is 54.4 Å². The molecule has 0 fully saturated rings. The number of aromatic amines is 1. The van der Waals surface area contributed by atoms with Crippen molar-refractivity contribution >= 4 is 11.6 Å². The molecule has 3 N–H and O–H groups in total. The summed E-state index contributed by atoms with van der Waals surface area (Å²) in [6.45, 7) is 0.101. The first kappa shape index (κ1) is 23.0. The van der Waals surface area contributed by atoms with Crippen LogP contribution in [0.1, 0.15) is 39.9 Å². The number of nitrogens with one attached hydrogen (secondary N) is 2. The maximum absolute atomic E-state index is 13.0. The Bertz CT molecular complexity index is 1120. The summed E-state index contributed by atoms with van der Waals surface area (Å²) in [6, 6.07) is 12.9. The van der Waals surface area contributed by atoms with Gasteiger partial charge in [-0.3, -0.25) is 9.59 Å². The number of hydrogen-bond donors (Lipinski definition) is 3. The normalized spacial score (nSPS) is 14.8. The smallest absolute Gasteiger partial charge is 0.675 e. The number of hydrogen-bond acceptors (Lipinski definition) is 4. The number of fused-ring (bicyclic) bond motifs is 1. The largest absolute Gasteiger partial charge is 1.00 e. The van der Waals surface area contributed by atoms with Gasteiger partial charge in [0, 0.05) is 6.54 Å². The molecule has 1 atom stereocenters. The molecule has 1 aromatic heterocycles. The van der Waals surface area contributed by atoms with Gasteiger partial charge in [0.15, 0.2) is 5.69 Å². The number of H-pyrrole nitrogens is 1. The Morgan fingerprint density at radius 1 is 1.23 bits per heavy atom. The van der Waals surface area contributed by atoms with Gasteiger partial charge in [0.05, 0.1) is 5.82 Å². The van der Waals surface area contributed by atoms with Gasteiger partial charge in [-0.25, -0.2) is 9.37 Å². The number of aromatic nitrogens is 2. The molecule has 1 unspecified atom stereocenters. The molecular formula is C21H18CsFN4O3. The number of benzene rings is 2. The van der Waals surface area contributed by atoms with Crippen molar-refractivity contribution < 1.29 is 83.2 Å². The molecule has 7 nitrogen and oxygen atoms in total. The van der Waals surface area contributed by atoms with Crippen molar-refractivity contribution in [3.8, 4) is 5.75 Å². The second-order valence-electron chi connectivity index (χ2n) is 6.77. The molecule has 0 saturated heterocycles. The van der Waals surface area contributed by atoms with Crippen molar-refractivity contribution in [3.63, 3.8) is 0 Å². The molecule has 2 heterocycles. The van der Waals surface area contributed by atoms with Crippen LogP contribution < -0.4 is 79.8 Å². The molecule has 0 bridgehead atoms. The van der Waals surface area contributed by atoms with E-state index in [1.165, 1.54) is 24.3 Å². The fraction of sp³-hybridized carbons (Fsp3) is 0.190. The van der Waals surface area contributed by atoms with Crippen LogP contribution in [-0.4, -0.2) is 21.0 Å². The van der Waals surface area contributed by atoms with Crippen molar-refractivity contribution in [1.82, 2.24) is 15.3 Å². The van der Waals surface area contributed by atoms with Crippen LogP contribution in [0, 0.1) is 5.82 Å². The Morgan fingerprint density at radius 2 is 1.97 bits per heavy atom. The third-order valence-electron chi connectivity index (χ3n) is 4.78. The summed E-state index contributed by atoms with van der Waals surface area (Å²) in [6.07, 6.45) is 1.39. The first-order valence-corrected chi connectivity index (χ1v) is 9.16. The molecule has 1 amide bonds. The van der Waals surface area contributed by atoms with Gasteiger partial charge in [-0.05, 0) is 24.1 Å². The molecule has 30 heavy (non-hydrogen) atoms. The van der Waals surface area contributed by atoms with E-state index in [4.69, 9.17) is 0 Å². The van der Waals surface area contributed by atoms with Crippen LogP contribution in [0.15, 0.2) is 53.3 Å². The fourth-order valence-corrected chi connectivity index (χ4v) is 3.24. The molecule has 2 aromatic carbocycles. The van der Waals surface area contributed by atoms with Crippen LogP contribution in [0.2, 0.25) is 0 Å². The van der Waals surface area contributed by atoms with Crippen LogP contribution in [0.3, 0.4) is 0 Å². The maximum Gasteiger partial charge on any atom is 1.00 e. The molecule has 9 heteroatoms. The summed E-state index contributed by atoms with van der Waals surface area (Å²) < 4.78 is 13.0. The molecule has 0 saturated carbocycles. The summed E-state index contributed by atoms with van der Waals surface area (Å²) in [5.41, 5.74) is 1.45. The Kier molecular flexibility index (Phi) is 7.77. The van der Waals surface area contributed by atoms with Gasteiger partial charge in [0.2, 0.25) is 5.75 Å². The van der Waals surface area contributed by atoms with Gasteiger partial charge in [0.1, 0.15) is 5.82 Å². The summed E-state index contributed by atoms with van der Waals surface area (Å²) in [5.74, 6) is -1.59. The number of carbonyl (C=O) groups is 1. The molecule has 0 spiro atoms. The van der Waals surface area contributed by atoms with Crippen LogP contribution in [0.4, 0.5) is 10.1 Å². The number of amides is 1. The molecule has 4 rings (SSSR count). The van der Waals surface area contributed by atoms with E-state index in [9.17, 15) is 19.1 Å². The van der Waals surface area contributed by atoms with E-state index in [0.717, 1.165) is 17.7 Å². The van der Waals surface area contributed by atoms with E-state index < -0.39 is 23.3 Å². The van der Waals surface area contributed by atoms with Crippen LogP contribution in [0.5, 0.6) is 5.75 Å². The van der Waals surface area contributed by atoms with Crippen molar-refractivity contribution in [2.75, 3.05) is 0 Å². The van der Waals surface area contributed by atoms with Crippen molar-refractivity contribution in [3.05, 3.63) is 92.7 Å². The molecule has 3 aromatic rings. The predicted molar refractivity (Wildman–Crippen MR) is 105 cm³/mol. The quantitative estimate of drug-likeness (QED) is 0.453. The molecule has 0 radical (unpaired) electrons. The van der Waals surface area contributed by atoms with Gasteiger partial charge >= 0.3 is 68.9 Å². The number of nitrogens with zero attached hydrogens (tertiary/aromatic N) is 2. The molecule has 148 valence electrons. The van der Waals surface area contributed by atoms with Crippen LogP contribution >= 0.6 is 0 Å². The minimum atomic E-state index is -0.795. The molecule has 1 aliphatic heterocycles. The molecule has 1 aliphatic rings. The number of aromatic hydroxyl groups is 1. The zero-order valence-corrected chi connectivity index (χ0v) is 22.6. The molecule has 0 aliphatic carbocycles. The Labute approximate surface area is 230 Å². The average molecular weight is 526 g/mol. The summed E-state index contributed by atoms with van der Waals surface area (Å²) in [5, 5.41) is 17.2. The first-order valence-electron chi connectivity index (χ1n) is 9.16. The zero-order valence-electron chi connectivity index (χ0n) is 16.4. The Balaban J connectivity index is 0.00000256. The van der Waals surface area contributed by atoms with Crippen LogP contribution in [-0.2, 0) is 13.0 Å². The number of carbonyl (C=O) groups excluding carboxylic acids is 1. The van der Waals surface area contributed by atoms with Gasteiger partial charge in [-0.2, -0.15) is 0 Å². The number of aryl methyl sites for hydroxylation is 1. The first-order chi connectivity index (χ1) is 14.0. The minimum absolute atomic E-state index is 0. The van der Waals surface area contributed by atoms with Crippen molar-refractivity contribution in [1.29, 1.82) is 0 Å². The van der Waals surface area contributed by atoms with E-state index in [1.807, 2.05) is 24.3 Å². The third kappa shape index (κ3) is 5.16. The minimum Gasteiger partial charge on any atom is -0.675 e.